The van der Waals surface area contributed by atoms with Gasteiger partial charge >= 0.3 is 17.9 Å². The van der Waals surface area contributed by atoms with E-state index in [1.807, 2.05) is 43.3 Å². The molecule has 1 saturated heterocycles. The Bertz CT molecular complexity index is 1600. The van der Waals surface area contributed by atoms with Gasteiger partial charge in [0.1, 0.15) is 6.10 Å². The highest BCUT2D eigenvalue weighted by atomic mass is 28.4. The van der Waals surface area contributed by atoms with Crippen LogP contribution >= 0.6 is 0 Å². The Kier molecular flexibility index (Phi) is 10.4. The minimum Gasteiger partial charge on any atom is -0.452 e. The number of hydrogen-bond acceptors (Lipinski definition) is 8. The first-order valence-corrected chi connectivity index (χ1v) is 17.6. The van der Waals surface area contributed by atoms with E-state index < -0.39 is 56.9 Å². The normalized spacial score (nSPS) is 20.2. The Labute approximate surface area is 276 Å². The van der Waals surface area contributed by atoms with Gasteiger partial charge in [-0.15, -0.1) is 0 Å². The van der Waals surface area contributed by atoms with Gasteiger partial charge in [-0.3, -0.25) is 4.79 Å². The molecule has 0 saturated carbocycles. The van der Waals surface area contributed by atoms with E-state index in [0.29, 0.717) is 5.56 Å². The minimum atomic E-state index is -3.11. The molecule has 1 heterocycles. The summed E-state index contributed by atoms with van der Waals surface area (Å²) < 4.78 is 31.3. The molecule has 4 aromatic carbocycles. The van der Waals surface area contributed by atoms with Crippen molar-refractivity contribution in [3.8, 4) is 0 Å². The maximum Gasteiger partial charge on any atom is 0.338 e. The molecule has 1 aliphatic rings. The van der Waals surface area contributed by atoms with Crippen LogP contribution in [0.2, 0.25) is 5.04 Å². The van der Waals surface area contributed by atoms with Gasteiger partial charge in [0, 0.05) is 6.92 Å². The molecule has 0 N–H and O–H groups in total. The maximum absolute atomic E-state index is 13.5. The van der Waals surface area contributed by atoms with Gasteiger partial charge in [-0.1, -0.05) is 118 Å². The molecule has 0 spiro atoms. The van der Waals surface area contributed by atoms with Crippen LogP contribution in [-0.4, -0.2) is 56.9 Å². The van der Waals surface area contributed by atoms with Crippen molar-refractivity contribution in [3.63, 3.8) is 0 Å². The number of esters is 3. The molecule has 1 fully saturated rings. The lowest BCUT2D eigenvalue weighted by molar-refractivity contribution is -0.190. The first kappa shape index (κ1) is 33.8. The van der Waals surface area contributed by atoms with Gasteiger partial charge in [0.25, 0.3) is 8.32 Å². The molecule has 0 bridgehead atoms. The summed E-state index contributed by atoms with van der Waals surface area (Å²) in [6.07, 6.45) is -5.54. The molecular weight excluding hydrogens is 612 g/mol. The first-order valence-electron chi connectivity index (χ1n) is 15.6. The SMILES string of the molecule is CC(=O)O[C@@H]1O[C@H]([C@@H](C)O[Si](c2ccccc2)(c2ccccc2)C(C)(C)C)[C@@H](OC(=O)c2ccccc2)[C@H]1OC(=O)c1ccccc1. The molecule has 0 amide bonds. The standard InChI is InChI=1S/C38H40O8Si/c1-26(46-47(38(3,4)5,30-22-14-8-15-23-30)31-24-16-9-17-25-31)32-33(43-35(40)28-18-10-6-11-19-28)34(37(45-32)42-27(2)39)44-36(41)29-20-12-7-13-21-29/h6-26,32-34,37H,1-5H3/t26-,32-,33-,34-,37-/m1/s1. The fourth-order valence-electron chi connectivity index (χ4n) is 6.11. The van der Waals surface area contributed by atoms with Crippen LogP contribution in [0.3, 0.4) is 0 Å². The number of carbonyl (C=O) groups excluding carboxylic acids is 3. The fraction of sp³-hybridized carbons (Fsp3) is 0.289. The number of benzene rings is 4. The van der Waals surface area contributed by atoms with Crippen molar-refractivity contribution in [2.24, 2.45) is 0 Å². The second-order valence-electron chi connectivity index (χ2n) is 12.5. The lowest BCUT2D eigenvalue weighted by atomic mass is 10.1. The Morgan fingerprint density at radius 3 is 1.45 bits per heavy atom. The fourth-order valence-corrected chi connectivity index (χ4v) is 10.8. The summed E-state index contributed by atoms with van der Waals surface area (Å²) >= 11 is 0. The van der Waals surface area contributed by atoms with Crippen molar-refractivity contribution in [3.05, 3.63) is 132 Å². The van der Waals surface area contributed by atoms with Gasteiger partial charge in [0.05, 0.1) is 17.2 Å². The third-order valence-corrected chi connectivity index (χ3v) is 13.4. The molecule has 1 aliphatic heterocycles. The zero-order chi connectivity index (χ0) is 33.6. The maximum atomic E-state index is 13.5. The van der Waals surface area contributed by atoms with Crippen molar-refractivity contribution >= 4 is 36.6 Å². The zero-order valence-corrected chi connectivity index (χ0v) is 28.2. The Morgan fingerprint density at radius 1 is 0.638 bits per heavy atom. The van der Waals surface area contributed by atoms with Crippen LogP contribution in [0.15, 0.2) is 121 Å². The molecule has 9 heteroatoms. The smallest absolute Gasteiger partial charge is 0.338 e. The average Bonchev–Trinajstić information content (AvgIpc) is 3.39. The van der Waals surface area contributed by atoms with E-state index in [9.17, 15) is 14.4 Å². The van der Waals surface area contributed by atoms with E-state index in [-0.39, 0.29) is 10.6 Å². The van der Waals surface area contributed by atoms with Gasteiger partial charge in [-0.25, -0.2) is 9.59 Å². The Morgan fingerprint density at radius 2 is 1.04 bits per heavy atom. The summed E-state index contributed by atoms with van der Waals surface area (Å²) in [5, 5.41) is 1.72. The number of ether oxygens (including phenoxy) is 4. The summed E-state index contributed by atoms with van der Waals surface area (Å²) in [6.45, 7) is 9.54. The van der Waals surface area contributed by atoms with E-state index in [0.717, 1.165) is 10.4 Å². The molecule has 244 valence electrons. The quantitative estimate of drug-likeness (QED) is 0.123. The second-order valence-corrected chi connectivity index (χ2v) is 16.8. The van der Waals surface area contributed by atoms with E-state index in [4.69, 9.17) is 23.4 Å². The van der Waals surface area contributed by atoms with Crippen molar-refractivity contribution in [1.82, 2.24) is 0 Å². The molecule has 5 rings (SSSR count). The van der Waals surface area contributed by atoms with Crippen molar-refractivity contribution in [2.75, 3.05) is 0 Å². The van der Waals surface area contributed by atoms with Crippen LogP contribution in [0.25, 0.3) is 0 Å². The summed E-state index contributed by atoms with van der Waals surface area (Å²) in [6, 6.07) is 37.1. The summed E-state index contributed by atoms with van der Waals surface area (Å²) in [4.78, 5) is 39.2. The molecule has 0 unspecified atom stereocenters. The van der Waals surface area contributed by atoms with Crippen LogP contribution in [0, 0.1) is 0 Å². The summed E-state index contributed by atoms with van der Waals surface area (Å²) in [5.41, 5.74) is 0.582. The lowest BCUT2D eigenvalue weighted by Gasteiger charge is -2.45. The van der Waals surface area contributed by atoms with Gasteiger partial charge in [0.2, 0.25) is 12.4 Å². The van der Waals surface area contributed by atoms with Crippen LogP contribution in [0.1, 0.15) is 55.3 Å². The van der Waals surface area contributed by atoms with E-state index in [2.05, 4.69) is 45.0 Å². The van der Waals surface area contributed by atoms with E-state index in [1.54, 1.807) is 60.7 Å². The topological polar surface area (TPSA) is 97.4 Å². The summed E-state index contributed by atoms with van der Waals surface area (Å²) in [5.74, 6) is -1.98. The van der Waals surface area contributed by atoms with Gasteiger partial charge < -0.3 is 23.4 Å². The highest BCUT2D eigenvalue weighted by molar-refractivity contribution is 6.99. The van der Waals surface area contributed by atoms with Crippen LogP contribution in [-0.2, 0) is 28.2 Å². The molecule has 8 nitrogen and oxygen atoms in total. The molecule has 0 aromatic heterocycles. The minimum absolute atomic E-state index is 0.280. The van der Waals surface area contributed by atoms with Crippen molar-refractivity contribution in [2.45, 2.75) is 70.4 Å². The van der Waals surface area contributed by atoms with Crippen LogP contribution in [0.4, 0.5) is 0 Å². The van der Waals surface area contributed by atoms with Crippen LogP contribution in [0.5, 0.6) is 0 Å². The number of hydrogen-bond donors (Lipinski definition) is 0. The number of rotatable bonds is 10. The predicted octanol–water partition coefficient (Wildman–Crippen LogP) is 5.69. The van der Waals surface area contributed by atoms with Crippen molar-refractivity contribution < 1.29 is 37.8 Å². The van der Waals surface area contributed by atoms with Gasteiger partial charge in [0.15, 0.2) is 6.10 Å². The Balaban J connectivity index is 1.58. The van der Waals surface area contributed by atoms with E-state index >= 15 is 0 Å². The Hall–Kier alpha value is -4.57. The predicted molar refractivity (Wildman–Crippen MR) is 180 cm³/mol. The molecular formula is C38H40O8Si. The monoisotopic (exact) mass is 652 g/mol. The van der Waals surface area contributed by atoms with Crippen molar-refractivity contribution in [1.29, 1.82) is 0 Å². The highest BCUT2D eigenvalue weighted by Crippen LogP contribution is 2.40. The lowest BCUT2D eigenvalue weighted by Crippen LogP contribution is -2.68. The third kappa shape index (κ3) is 7.38. The average molecular weight is 653 g/mol. The molecule has 47 heavy (non-hydrogen) atoms. The number of carbonyl (C=O) groups is 3. The largest absolute Gasteiger partial charge is 0.452 e. The molecule has 0 aliphatic carbocycles. The molecule has 0 radical (unpaired) electrons. The van der Waals surface area contributed by atoms with E-state index in [1.165, 1.54) is 6.92 Å². The highest BCUT2D eigenvalue weighted by Gasteiger charge is 2.57. The van der Waals surface area contributed by atoms with Gasteiger partial charge in [-0.2, -0.15) is 0 Å². The van der Waals surface area contributed by atoms with Gasteiger partial charge in [-0.05, 0) is 46.6 Å². The second kappa shape index (κ2) is 14.5. The molecule has 5 atom stereocenters. The third-order valence-electron chi connectivity index (χ3n) is 8.24. The van der Waals surface area contributed by atoms with Crippen LogP contribution < -0.4 is 10.4 Å². The molecule has 4 aromatic rings. The zero-order valence-electron chi connectivity index (χ0n) is 27.2. The first-order chi connectivity index (χ1) is 22.5. The summed E-state index contributed by atoms with van der Waals surface area (Å²) in [7, 11) is -3.11.